The Bertz CT molecular complexity index is 296. The van der Waals surface area contributed by atoms with Gasteiger partial charge in [-0.15, -0.1) is 0 Å². The maximum Gasteiger partial charge on any atom is 0.140 e. The number of hydrogen-bond acceptors (Lipinski definition) is 3. The molecule has 1 aliphatic heterocycles. The van der Waals surface area contributed by atoms with Gasteiger partial charge in [0, 0.05) is 12.3 Å². The Kier molecular flexibility index (Phi) is 3.15. The van der Waals surface area contributed by atoms with Gasteiger partial charge in [0.25, 0.3) is 0 Å². The van der Waals surface area contributed by atoms with E-state index in [1.807, 2.05) is 0 Å². The zero-order chi connectivity index (χ0) is 11.8. The van der Waals surface area contributed by atoms with Crippen molar-refractivity contribution in [3.8, 4) is 0 Å². The van der Waals surface area contributed by atoms with Crippen molar-refractivity contribution in [3.05, 3.63) is 11.5 Å². The Hall–Kier alpha value is -0.700. The van der Waals surface area contributed by atoms with Gasteiger partial charge in [-0.3, -0.25) is 0 Å². The van der Waals surface area contributed by atoms with E-state index in [2.05, 4.69) is 13.8 Å². The minimum Gasteiger partial charge on any atom is -0.497 e. The Labute approximate surface area is 97.4 Å². The van der Waals surface area contributed by atoms with Crippen LogP contribution in [0.15, 0.2) is 11.5 Å². The molecule has 0 spiro atoms. The van der Waals surface area contributed by atoms with E-state index in [4.69, 9.17) is 9.47 Å². The van der Waals surface area contributed by atoms with Crippen molar-refractivity contribution in [2.24, 2.45) is 11.8 Å². The molecule has 1 fully saturated rings. The third-order valence-corrected chi connectivity index (χ3v) is 3.61. The van der Waals surface area contributed by atoms with Crippen LogP contribution in [0.3, 0.4) is 0 Å². The van der Waals surface area contributed by atoms with Crippen molar-refractivity contribution < 1.29 is 14.6 Å². The van der Waals surface area contributed by atoms with E-state index in [0.717, 1.165) is 37.4 Å². The molecule has 3 nitrogen and oxygen atoms in total. The first-order valence-electron chi connectivity index (χ1n) is 6.19. The fourth-order valence-corrected chi connectivity index (χ4v) is 3.07. The lowest BCUT2D eigenvalue weighted by Gasteiger charge is -2.34. The van der Waals surface area contributed by atoms with E-state index in [1.54, 1.807) is 7.11 Å². The fraction of sp³-hybridized carbons (Fsp3) is 0.846. The highest BCUT2D eigenvalue weighted by molar-refractivity contribution is 5.22. The monoisotopic (exact) mass is 226 g/mol. The summed E-state index contributed by atoms with van der Waals surface area (Å²) >= 11 is 0. The van der Waals surface area contributed by atoms with Gasteiger partial charge < -0.3 is 14.6 Å². The van der Waals surface area contributed by atoms with Gasteiger partial charge in [0.05, 0.1) is 19.3 Å². The molecule has 0 amide bonds. The van der Waals surface area contributed by atoms with Crippen molar-refractivity contribution in [2.75, 3.05) is 13.7 Å². The minimum atomic E-state index is -0.644. The Morgan fingerprint density at radius 2 is 2.31 bits per heavy atom. The van der Waals surface area contributed by atoms with Crippen LogP contribution in [-0.4, -0.2) is 24.4 Å². The average Bonchev–Trinajstić information content (AvgIpc) is 2.52. The maximum atomic E-state index is 10.8. The van der Waals surface area contributed by atoms with E-state index in [1.165, 1.54) is 0 Å². The zero-order valence-electron chi connectivity index (χ0n) is 10.5. The topological polar surface area (TPSA) is 38.7 Å². The highest BCUT2D eigenvalue weighted by Crippen LogP contribution is 2.48. The van der Waals surface area contributed by atoms with E-state index in [0.29, 0.717) is 12.3 Å². The van der Waals surface area contributed by atoms with Crippen LogP contribution in [-0.2, 0) is 9.47 Å². The summed E-state index contributed by atoms with van der Waals surface area (Å²) in [4.78, 5) is 0. The van der Waals surface area contributed by atoms with Crippen LogP contribution >= 0.6 is 0 Å². The summed E-state index contributed by atoms with van der Waals surface area (Å²) in [6.45, 7) is 5.05. The van der Waals surface area contributed by atoms with E-state index >= 15 is 0 Å². The number of methoxy groups -OCH3 is 1. The predicted molar refractivity (Wildman–Crippen MR) is 61.7 cm³/mol. The highest BCUT2D eigenvalue weighted by atomic mass is 16.5. The molecule has 2 atom stereocenters. The largest absolute Gasteiger partial charge is 0.497 e. The second-order valence-electron chi connectivity index (χ2n) is 5.41. The molecule has 16 heavy (non-hydrogen) atoms. The molecule has 1 aliphatic carbocycles. The van der Waals surface area contributed by atoms with Gasteiger partial charge in [0.1, 0.15) is 11.5 Å². The molecule has 92 valence electrons. The molecule has 1 heterocycles. The lowest BCUT2D eigenvalue weighted by atomic mass is 9.79. The molecule has 2 rings (SSSR count). The molecule has 0 aromatic rings. The predicted octanol–water partition coefficient (Wildman–Crippen LogP) is 2.45. The average molecular weight is 226 g/mol. The second kappa shape index (κ2) is 4.28. The lowest BCUT2D eigenvalue weighted by molar-refractivity contribution is -0.0429. The van der Waals surface area contributed by atoms with Crippen LogP contribution in [0.5, 0.6) is 0 Å². The van der Waals surface area contributed by atoms with Crippen molar-refractivity contribution in [1.82, 2.24) is 0 Å². The molecule has 0 aromatic carbocycles. The fourth-order valence-electron chi connectivity index (χ4n) is 3.07. The summed E-state index contributed by atoms with van der Waals surface area (Å²) in [7, 11) is 1.67. The van der Waals surface area contributed by atoms with E-state index in [9.17, 15) is 5.11 Å². The third kappa shape index (κ3) is 1.93. The number of aliphatic hydroxyl groups is 1. The molecular formula is C13H22O3. The van der Waals surface area contributed by atoms with Gasteiger partial charge >= 0.3 is 0 Å². The maximum absolute atomic E-state index is 10.8. The van der Waals surface area contributed by atoms with Crippen molar-refractivity contribution in [3.63, 3.8) is 0 Å². The molecule has 0 saturated carbocycles. The van der Waals surface area contributed by atoms with Gasteiger partial charge in [-0.25, -0.2) is 0 Å². The van der Waals surface area contributed by atoms with E-state index < -0.39 is 5.60 Å². The Morgan fingerprint density at radius 3 is 2.94 bits per heavy atom. The third-order valence-electron chi connectivity index (χ3n) is 3.61. The van der Waals surface area contributed by atoms with Crippen LogP contribution in [0.2, 0.25) is 0 Å². The summed E-state index contributed by atoms with van der Waals surface area (Å²) in [5.74, 6) is 2.41. The second-order valence-corrected chi connectivity index (χ2v) is 5.41. The first-order chi connectivity index (χ1) is 7.57. The number of ether oxygens (including phenoxy) is 2. The molecule has 1 saturated heterocycles. The summed E-state index contributed by atoms with van der Waals surface area (Å²) in [6, 6.07) is 0. The number of rotatable bonds is 3. The van der Waals surface area contributed by atoms with Gasteiger partial charge in [-0.05, 0) is 25.2 Å². The molecule has 0 radical (unpaired) electrons. The highest BCUT2D eigenvalue weighted by Gasteiger charge is 2.49. The van der Waals surface area contributed by atoms with Crippen molar-refractivity contribution in [2.45, 2.75) is 45.1 Å². The van der Waals surface area contributed by atoms with Crippen molar-refractivity contribution in [1.29, 1.82) is 0 Å². The van der Waals surface area contributed by atoms with Gasteiger partial charge in [-0.2, -0.15) is 0 Å². The van der Waals surface area contributed by atoms with Crippen molar-refractivity contribution >= 4 is 0 Å². The smallest absolute Gasteiger partial charge is 0.140 e. The summed E-state index contributed by atoms with van der Waals surface area (Å²) in [5, 5.41) is 10.8. The summed E-state index contributed by atoms with van der Waals surface area (Å²) < 4.78 is 11.0. The normalized spacial score (nSPS) is 33.9. The SMILES string of the molecule is COC1=C2OCCC[C@H]2[C@@](O)(CC(C)C)C1. The van der Waals surface area contributed by atoms with E-state index in [-0.39, 0.29) is 5.92 Å². The molecule has 0 aromatic heterocycles. The quantitative estimate of drug-likeness (QED) is 0.803. The molecular weight excluding hydrogens is 204 g/mol. The Morgan fingerprint density at radius 1 is 1.56 bits per heavy atom. The minimum absolute atomic E-state index is 0.151. The standard InChI is InChI=1S/C13H22O3/c1-9(2)7-13(14)8-11(15-3)12-10(13)5-4-6-16-12/h9-10,14H,4-8H2,1-3H3/t10-,13-/m1/s1. The zero-order valence-corrected chi connectivity index (χ0v) is 10.5. The van der Waals surface area contributed by atoms with Crippen LogP contribution in [0, 0.1) is 11.8 Å². The first kappa shape index (κ1) is 11.8. The number of fused-ring (bicyclic) bond motifs is 1. The molecule has 0 bridgehead atoms. The van der Waals surface area contributed by atoms with Gasteiger partial charge in [0.2, 0.25) is 0 Å². The molecule has 3 heteroatoms. The van der Waals surface area contributed by atoms with Gasteiger partial charge in [0.15, 0.2) is 0 Å². The number of hydrogen-bond donors (Lipinski definition) is 1. The molecule has 2 aliphatic rings. The van der Waals surface area contributed by atoms with Crippen LogP contribution in [0.1, 0.15) is 39.5 Å². The van der Waals surface area contributed by atoms with Crippen LogP contribution in [0.25, 0.3) is 0 Å². The summed E-state index contributed by atoms with van der Waals surface area (Å²) in [5.41, 5.74) is -0.644. The molecule has 0 unspecified atom stereocenters. The van der Waals surface area contributed by atoms with Crippen LogP contribution < -0.4 is 0 Å². The molecule has 1 N–H and O–H groups in total. The van der Waals surface area contributed by atoms with Crippen LogP contribution in [0.4, 0.5) is 0 Å². The lowest BCUT2D eigenvalue weighted by Crippen LogP contribution is -2.38. The first-order valence-corrected chi connectivity index (χ1v) is 6.19. The Balaban J connectivity index is 2.20. The summed E-state index contributed by atoms with van der Waals surface area (Å²) in [6.07, 6.45) is 3.48. The van der Waals surface area contributed by atoms with Gasteiger partial charge in [-0.1, -0.05) is 13.8 Å².